The molecule has 20 heavy (non-hydrogen) atoms. The molecular formula is C18H18O2. The third-order valence-corrected chi connectivity index (χ3v) is 3.07. The van der Waals surface area contributed by atoms with Crippen LogP contribution in [0.1, 0.15) is 18.9 Å². The fourth-order valence-electron chi connectivity index (χ4n) is 2.03. The average molecular weight is 266 g/mol. The highest BCUT2D eigenvalue weighted by Crippen LogP contribution is 2.23. The van der Waals surface area contributed by atoms with Gasteiger partial charge in [-0.2, -0.15) is 0 Å². The van der Waals surface area contributed by atoms with Crippen molar-refractivity contribution in [1.82, 2.24) is 0 Å². The summed E-state index contributed by atoms with van der Waals surface area (Å²) in [6.45, 7) is 5.55. The van der Waals surface area contributed by atoms with Crippen molar-refractivity contribution in [2.24, 2.45) is 0 Å². The van der Waals surface area contributed by atoms with Crippen LogP contribution in [0.4, 0.5) is 0 Å². The molecule has 0 heterocycles. The molecule has 0 aliphatic heterocycles. The van der Waals surface area contributed by atoms with E-state index in [-0.39, 0.29) is 0 Å². The molecule has 2 aromatic rings. The standard InChI is InChI=1S/C18H18O2/c1-3-5-14-6-8-15(9-7-14)16-10-12-17(13-11-16)20-18(19)4-2/h4,6-13H,2-3,5H2,1H3. The van der Waals surface area contributed by atoms with E-state index in [2.05, 4.69) is 37.8 Å². The number of ether oxygens (including phenoxy) is 1. The lowest BCUT2D eigenvalue weighted by molar-refractivity contribution is -0.128. The minimum absolute atomic E-state index is 0.443. The summed E-state index contributed by atoms with van der Waals surface area (Å²) in [5.74, 6) is 0.0860. The minimum atomic E-state index is -0.443. The van der Waals surface area contributed by atoms with E-state index in [1.165, 1.54) is 5.56 Å². The maximum atomic E-state index is 11.1. The molecule has 2 heteroatoms. The number of aryl methyl sites for hydroxylation is 1. The predicted molar refractivity (Wildman–Crippen MR) is 81.7 cm³/mol. The predicted octanol–water partition coefficient (Wildman–Crippen LogP) is 4.40. The van der Waals surface area contributed by atoms with Crippen LogP contribution in [-0.2, 0) is 11.2 Å². The van der Waals surface area contributed by atoms with Crippen LogP contribution in [0.15, 0.2) is 61.2 Å². The summed E-state index contributed by atoms with van der Waals surface area (Å²) in [5, 5.41) is 0. The van der Waals surface area contributed by atoms with Gasteiger partial charge in [0.15, 0.2) is 0 Å². The molecule has 0 amide bonds. The molecule has 2 aromatic carbocycles. The van der Waals surface area contributed by atoms with Crippen molar-refractivity contribution >= 4 is 5.97 Å². The van der Waals surface area contributed by atoms with E-state index >= 15 is 0 Å². The van der Waals surface area contributed by atoms with Crippen molar-refractivity contribution in [2.75, 3.05) is 0 Å². The third-order valence-electron chi connectivity index (χ3n) is 3.07. The van der Waals surface area contributed by atoms with Crippen LogP contribution in [0.25, 0.3) is 11.1 Å². The maximum Gasteiger partial charge on any atom is 0.335 e. The second kappa shape index (κ2) is 6.71. The topological polar surface area (TPSA) is 26.3 Å². The zero-order chi connectivity index (χ0) is 14.4. The Morgan fingerprint density at radius 2 is 1.60 bits per heavy atom. The molecule has 0 unspecified atom stereocenters. The van der Waals surface area contributed by atoms with Crippen LogP contribution in [0, 0.1) is 0 Å². The van der Waals surface area contributed by atoms with Crippen molar-refractivity contribution < 1.29 is 9.53 Å². The van der Waals surface area contributed by atoms with E-state index in [0.29, 0.717) is 5.75 Å². The van der Waals surface area contributed by atoms with Gasteiger partial charge in [-0.05, 0) is 35.2 Å². The van der Waals surface area contributed by atoms with Gasteiger partial charge in [0.1, 0.15) is 5.75 Å². The van der Waals surface area contributed by atoms with Gasteiger partial charge >= 0.3 is 5.97 Å². The number of benzene rings is 2. The lowest BCUT2D eigenvalue weighted by Gasteiger charge is -2.05. The second-order valence-electron chi connectivity index (χ2n) is 4.60. The van der Waals surface area contributed by atoms with Crippen molar-refractivity contribution in [3.63, 3.8) is 0 Å². The average Bonchev–Trinajstić information content (AvgIpc) is 2.49. The summed E-state index contributed by atoms with van der Waals surface area (Å²) in [6.07, 6.45) is 3.42. The molecule has 0 bridgehead atoms. The number of carbonyl (C=O) groups excluding carboxylic acids is 1. The summed E-state index contributed by atoms with van der Waals surface area (Å²) in [5.41, 5.74) is 3.62. The smallest absolute Gasteiger partial charge is 0.335 e. The molecule has 0 N–H and O–H groups in total. The van der Waals surface area contributed by atoms with Gasteiger partial charge in [-0.15, -0.1) is 0 Å². The second-order valence-corrected chi connectivity index (χ2v) is 4.60. The molecule has 0 aliphatic rings. The van der Waals surface area contributed by atoms with Crippen molar-refractivity contribution in [3.8, 4) is 16.9 Å². The van der Waals surface area contributed by atoms with E-state index in [0.717, 1.165) is 30.0 Å². The summed E-state index contributed by atoms with van der Waals surface area (Å²) in [6, 6.07) is 16.0. The van der Waals surface area contributed by atoms with Crippen molar-refractivity contribution in [2.45, 2.75) is 19.8 Å². The van der Waals surface area contributed by atoms with Gasteiger partial charge in [-0.1, -0.05) is 56.3 Å². The molecule has 0 saturated carbocycles. The first-order chi connectivity index (χ1) is 9.72. The molecule has 0 atom stereocenters. The number of carbonyl (C=O) groups is 1. The van der Waals surface area contributed by atoms with Crippen LogP contribution in [0.3, 0.4) is 0 Å². The lowest BCUT2D eigenvalue weighted by atomic mass is 10.0. The van der Waals surface area contributed by atoms with Crippen LogP contribution in [0.5, 0.6) is 5.75 Å². The Kier molecular flexibility index (Phi) is 4.72. The summed E-state index contributed by atoms with van der Waals surface area (Å²) in [4.78, 5) is 11.1. The van der Waals surface area contributed by atoms with Crippen molar-refractivity contribution in [3.05, 3.63) is 66.7 Å². The normalized spacial score (nSPS) is 10.1. The van der Waals surface area contributed by atoms with Crippen molar-refractivity contribution in [1.29, 1.82) is 0 Å². The molecule has 0 aliphatic carbocycles. The van der Waals surface area contributed by atoms with Crippen LogP contribution >= 0.6 is 0 Å². The van der Waals surface area contributed by atoms with Gasteiger partial charge in [-0.3, -0.25) is 0 Å². The van der Waals surface area contributed by atoms with Gasteiger partial charge < -0.3 is 4.74 Å². The molecule has 2 rings (SSSR count). The Labute approximate surface area is 119 Å². The van der Waals surface area contributed by atoms with Gasteiger partial charge in [0.2, 0.25) is 0 Å². The molecule has 102 valence electrons. The minimum Gasteiger partial charge on any atom is -0.423 e. The third kappa shape index (κ3) is 3.58. The van der Waals surface area contributed by atoms with E-state index in [9.17, 15) is 4.79 Å². The first-order valence-electron chi connectivity index (χ1n) is 6.76. The summed E-state index contributed by atoms with van der Waals surface area (Å²) in [7, 11) is 0. The number of rotatable bonds is 5. The molecular weight excluding hydrogens is 248 g/mol. The highest BCUT2D eigenvalue weighted by atomic mass is 16.5. The fourth-order valence-corrected chi connectivity index (χ4v) is 2.03. The summed E-state index contributed by atoms with van der Waals surface area (Å²) >= 11 is 0. The van der Waals surface area contributed by atoms with Crippen LogP contribution < -0.4 is 4.74 Å². The molecule has 0 saturated heterocycles. The number of hydrogen-bond acceptors (Lipinski definition) is 2. The monoisotopic (exact) mass is 266 g/mol. The largest absolute Gasteiger partial charge is 0.423 e. The Bertz CT molecular complexity index is 580. The maximum absolute atomic E-state index is 11.1. The summed E-state index contributed by atoms with van der Waals surface area (Å²) < 4.78 is 5.05. The van der Waals surface area contributed by atoms with E-state index < -0.39 is 5.97 Å². The highest BCUT2D eigenvalue weighted by molar-refractivity contribution is 5.83. The fraction of sp³-hybridized carbons (Fsp3) is 0.167. The number of hydrogen-bond donors (Lipinski definition) is 0. The van der Waals surface area contributed by atoms with Crippen LogP contribution in [-0.4, -0.2) is 5.97 Å². The number of esters is 1. The van der Waals surface area contributed by atoms with Gasteiger partial charge in [0.25, 0.3) is 0 Å². The van der Waals surface area contributed by atoms with Gasteiger partial charge in [0, 0.05) is 6.08 Å². The Morgan fingerprint density at radius 3 is 2.10 bits per heavy atom. The molecule has 0 spiro atoms. The zero-order valence-corrected chi connectivity index (χ0v) is 11.6. The molecule has 0 fully saturated rings. The van der Waals surface area contributed by atoms with Crippen LogP contribution in [0.2, 0.25) is 0 Å². The first kappa shape index (κ1) is 14.1. The molecule has 0 radical (unpaired) electrons. The lowest BCUT2D eigenvalue weighted by Crippen LogP contribution is -2.02. The molecule has 2 nitrogen and oxygen atoms in total. The van der Waals surface area contributed by atoms with E-state index in [1.807, 2.05) is 12.1 Å². The Morgan fingerprint density at radius 1 is 1.05 bits per heavy atom. The van der Waals surface area contributed by atoms with E-state index in [4.69, 9.17) is 4.74 Å². The highest BCUT2D eigenvalue weighted by Gasteiger charge is 2.01. The molecule has 0 aromatic heterocycles. The van der Waals surface area contributed by atoms with E-state index in [1.54, 1.807) is 12.1 Å². The zero-order valence-electron chi connectivity index (χ0n) is 11.6. The first-order valence-corrected chi connectivity index (χ1v) is 6.76. The van der Waals surface area contributed by atoms with Gasteiger partial charge in [0.05, 0.1) is 0 Å². The Hall–Kier alpha value is -2.35. The van der Waals surface area contributed by atoms with Gasteiger partial charge in [-0.25, -0.2) is 4.79 Å². The quantitative estimate of drug-likeness (QED) is 0.455. The Balaban J connectivity index is 2.12. The SMILES string of the molecule is C=CC(=O)Oc1ccc(-c2ccc(CCC)cc2)cc1.